The lowest BCUT2D eigenvalue weighted by molar-refractivity contribution is -0.122. The molecule has 6 nitrogen and oxygen atoms in total. The second-order valence-corrected chi connectivity index (χ2v) is 6.86. The van der Waals surface area contributed by atoms with Crippen molar-refractivity contribution < 1.29 is 9.53 Å². The second-order valence-electron chi connectivity index (χ2n) is 6.86. The number of carbonyl (C=O) groups excluding carboxylic acids is 1. The van der Waals surface area contributed by atoms with E-state index in [1.54, 1.807) is 18.6 Å². The summed E-state index contributed by atoms with van der Waals surface area (Å²) < 4.78 is 5.66. The zero-order valence-electron chi connectivity index (χ0n) is 15.0. The van der Waals surface area contributed by atoms with E-state index in [-0.39, 0.29) is 17.9 Å². The molecule has 1 aromatic carbocycles. The van der Waals surface area contributed by atoms with Crippen molar-refractivity contribution in [3.8, 4) is 0 Å². The van der Waals surface area contributed by atoms with Gasteiger partial charge in [0.2, 0.25) is 5.91 Å². The molecule has 1 saturated heterocycles. The maximum Gasteiger partial charge on any atom is 0.220 e. The molecule has 1 N–H and O–H groups in total. The Morgan fingerprint density at radius 1 is 1.11 bits per heavy atom. The summed E-state index contributed by atoms with van der Waals surface area (Å²) in [5, 5.41) is 4.31. The molecule has 2 atom stereocenters. The van der Waals surface area contributed by atoms with E-state index in [2.05, 4.69) is 32.4 Å². The number of amides is 1. The Balaban J connectivity index is 1.38. The Bertz CT molecular complexity index is 911. The summed E-state index contributed by atoms with van der Waals surface area (Å²) in [4.78, 5) is 25.0. The van der Waals surface area contributed by atoms with Gasteiger partial charge in [0.1, 0.15) is 0 Å². The molecule has 0 bridgehead atoms. The third kappa shape index (κ3) is 4.28. The maximum absolute atomic E-state index is 12.4. The van der Waals surface area contributed by atoms with E-state index >= 15 is 0 Å². The number of nitrogens with zero attached hydrogens (tertiary/aromatic N) is 3. The molecule has 2 aromatic heterocycles. The van der Waals surface area contributed by atoms with Crippen LogP contribution in [-0.4, -0.2) is 40.1 Å². The van der Waals surface area contributed by atoms with Crippen LogP contribution >= 0.6 is 0 Å². The van der Waals surface area contributed by atoms with Gasteiger partial charge in [-0.15, -0.1) is 0 Å². The zero-order chi connectivity index (χ0) is 18.5. The number of para-hydroxylation sites is 1. The smallest absolute Gasteiger partial charge is 0.220 e. The van der Waals surface area contributed by atoms with Gasteiger partial charge in [-0.1, -0.05) is 18.2 Å². The highest BCUT2D eigenvalue weighted by molar-refractivity contribution is 5.82. The first kappa shape index (κ1) is 17.5. The van der Waals surface area contributed by atoms with Crippen LogP contribution in [0.25, 0.3) is 10.9 Å². The fourth-order valence-corrected chi connectivity index (χ4v) is 3.55. The van der Waals surface area contributed by atoms with Crippen LogP contribution in [-0.2, 0) is 22.4 Å². The zero-order valence-corrected chi connectivity index (χ0v) is 15.0. The maximum atomic E-state index is 12.4. The second kappa shape index (κ2) is 8.22. The van der Waals surface area contributed by atoms with Gasteiger partial charge in [-0.25, -0.2) is 0 Å². The Labute approximate surface area is 158 Å². The van der Waals surface area contributed by atoms with E-state index in [0.29, 0.717) is 26.1 Å². The van der Waals surface area contributed by atoms with Gasteiger partial charge in [0.25, 0.3) is 0 Å². The summed E-state index contributed by atoms with van der Waals surface area (Å²) >= 11 is 0. The quantitative estimate of drug-likeness (QED) is 0.728. The summed E-state index contributed by atoms with van der Waals surface area (Å²) in [6.45, 7) is 1.22. The molecule has 3 aromatic rings. The number of fused-ring (bicyclic) bond motifs is 1. The molecule has 0 spiro atoms. The molecule has 3 heterocycles. The van der Waals surface area contributed by atoms with Crippen LogP contribution in [0.2, 0.25) is 0 Å². The molecule has 6 heteroatoms. The molecule has 0 unspecified atom stereocenters. The molecule has 27 heavy (non-hydrogen) atoms. The SMILES string of the molecule is O=C(CCc1cnccn1)N[C@@H]1COC[C@H]1Cc1ccnc2ccccc12. The Morgan fingerprint density at radius 2 is 2.04 bits per heavy atom. The van der Waals surface area contributed by atoms with Crippen LogP contribution in [0.5, 0.6) is 0 Å². The average Bonchev–Trinajstić information content (AvgIpc) is 3.14. The largest absolute Gasteiger partial charge is 0.379 e. The monoisotopic (exact) mass is 362 g/mol. The number of aryl methyl sites for hydroxylation is 1. The number of rotatable bonds is 6. The van der Waals surface area contributed by atoms with Crippen LogP contribution in [0.1, 0.15) is 17.7 Å². The number of nitrogens with one attached hydrogen (secondary N) is 1. The third-order valence-electron chi connectivity index (χ3n) is 4.99. The first-order valence-electron chi connectivity index (χ1n) is 9.24. The molecule has 1 aliphatic rings. The molecular formula is C21H22N4O2. The highest BCUT2D eigenvalue weighted by Crippen LogP contribution is 2.24. The van der Waals surface area contributed by atoms with Crippen molar-refractivity contribution in [3.05, 3.63) is 66.4 Å². The van der Waals surface area contributed by atoms with E-state index in [0.717, 1.165) is 17.6 Å². The van der Waals surface area contributed by atoms with Gasteiger partial charge in [0.05, 0.1) is 30.5 Å². The lowest BCUT2D eigenvalue weighted by atomic mass is 9.93. The third-order valence-corrected chi connectivity index (χ3v) is 4.99. The first-order chi connectivity index (χ1) is 13.3. The van der Waals surface area contributed by atoms with Gasteiger partial charge in [0, 0.05) is 42.5 Å². The molecule has 0 aliphatic carbocycles. The van der Waals surface area contributed by atoms with E-state index < -0.39 is 0 Å². The van der Waals surface area contributed by atoms with Gasteiger partial charge in [-0.05, 0) is 30.5 Å². The normalized spacial score (nSPS) is 19.3. The number of ether oxygens (including phenoxy) is 1. The van der Waals surface area contributed by atoms with Crippen LogP contribution in [0, 0.1) is 5.92 Å². The molecule has 1 fully saturated rings. The van der Waals surface area contributed by atoms with Gasteiger partial charge in [-0.2, -0.15) is 0 Å². The average molecular weight is 362 g/mol. The Kier molecular flexibility index (Phi) is 5.34. The topological polar surface area (TPSA) is 77.0 Å². The van der Waals surface area contributed by atoms with Gasteiger partial charge >= 0.3 is 0 Å². The standard InChI is InChI=1S/C21H22N4O2/c26-21(6-5-17-12-22-9-10-23-17)25-20-14-27-13-16(20)11-15-7-8-24-19-4-2-1-3-18(15)19/h1-4,7-10,12,16,20H,5-6,11,13-14H2,(H,25,26)/t16-,20-/m1/s1. The predicted octanol–water partition coefficient (Wildman–Crippen LogP) is 2.33. The van der Waals surface area contributed by atoms with Crippen LogP contribution in [0.15, 0.2) is 55.1 Å². The van der Waals surface area contributed by atoms with Crippen molar-refractivity contribution in [2.24, 2.45) is 5.92 Å². The van der Waals surface area contributed by atoms with Gasteiger partial charge < -0.3 is 10.1 Å². The lowest BCUT2D eigenvalue weighted by Crippen LogP contribution is -2.40. The molecule has 0 saturated carbocycles. The molecule has 4 rings (SSSR count). The first-order valence-corrected chi connectivity index (χ1v) is 9.24. The number of carbonyl (C=O) groups is 1. The number of pyridine rings is 1. The minimum Gasteiger partial charge on any atom is -0.379 e. The molecular weight excluding hydrogens is 340 g/mol. The van der Waals surface area contributed by atoms with Crippen molar-refractivity contribution >= 4 is 16.8 Å². The van der Waals surface area contributed by atoms with Crippen molar-refractivity contribution in [3.63, 3.8) is 0 Å². The van der Waals surface area contributed by atoms with Crippen molar-refractivity contribution in [2.45, 2.75) is 25.3 Å². The fraction of sp³-hybridized carbons (Fsp3) is 0.333. The number of hydrogen-bond donors (Lipinski definition) is 1. The van der Waals surface area contributed by atoms with Gasteiger partial charge in [-0.3, -0.25) is 19.7 Å². The molecule has 0 radical (unpaired) electrons. The minimum absolute atomic E-state index is 0.0285. The summed E-state index contributed by atoms with van der Waals surface area (Å²) in [5.74, 6) is 0.289. The van der Waals surface area contributed by atoms with Crippen molar-refractivity contribution in [1.29, 1.82) is 0 Å². The summed E-state index contributed by atoms with van der Waals surface area (Å²) in [7, 11) is 0. The van der Waals surface area contributed by atoms with Crippen LogP contribution in [0.4, 0.5) is 0 Å². The predicted molar refractivity (Wildman–Crippen MR) is 102 cm³/mol. The summed E-state index contributed by atoms with van der Waals surface area (Å²) in [6, 6.07) is 10.2. The van der Waals surface area contributed by atoms with Gasteiger partial charge in [0.15, 0.2) is 0 Å². The van der Waals surface area contributed by atoms with E-state index in [9.17, 15) is 4.79 Å². The van der Waals surface area contributed by atoms with E-state index in [1.807, 2.05) is 24.4 Å². The fourth-order valence-electron chi connectivity index (χ4n) is 3.55. The van der Waals surface area contributed by atoms with Crippen molar-refractivity contribution in [2.75, 3.05) is 13.2 Å². The lowest BCUT2D eigenvalue weighted by Gasteiger charge is -2.20. The number of aromatic nitrogens is 3. The minimum atomic E-state index is 0.0285. The Hall–Kier alpha value is -2.86. The molecule has 1 amide bonds. The van der Waals surface area contributed by atoms with Crippen LogP contribution < -0.4 is 5.32 Å². The number of hydrogen-bond acceptors (Lipinski definition) is 5. The summed E-state index contributed by atoms with van der Waals surface area (Å²) in [5.41, 5.74) is 3.07. The highest BCUT2D eigenvalue weighted by atomic mass is 16.5. The highest BCUT2D eigenvalue weighted by Gasteiger charge is 2.30. The Morgan fingerprint density at radius 3 is 2.93 bits per heavy atom. The summed E-state index contributed by atoms with van der Waals surface area (Å²) in [6.07, 6.45) is 8.68. The molecule has 138 valence electrons. The van der Waals surface area contributed by atoms with Crippen molar-refractivity contribution in [1.82, 2.24) is 20.3 Å². The van der Waals surface area contributed by atoms with Crippen LogP contribution in [0.3, 0.4) is 0 Å². The number of benzene rings is 1. The molecule has 1 aliphatic heterocycles. The van der Waals surface area contributed by atoms with E-state index in [1.165, 1.54) is 10.9 Å². The van der Waals surface area contributed by atoms with E-state index in [4.69, 9.17) is 4.74 Å².